The lowest BCUT2D eigenvalue weighted by Gasteiger charge is -2.14. The average molecular weight is 331 g/mol. The lowest BCUT2D eigenvalue weighted by molar-refractivity contribution is 0.0228. The van der Waals surface area contributed by atoms with E-state index in [1.165, 1.54) is 0 Å². The molecule has 0 aliphatic carbocycles. The molecule has 0 fully saturated rings. The molecule has 2 amide bonds. The molecule has 122 valence electrons. The van der Waals surface area contributed by atoms with Gasteiger partial charge in [0.1, 0.15) is 0 Å². The van der Waals surface area contributed by atoms with Gasteiger partial charge in [0.05, 0.1) is 16.7 Å². The molecule has 5 heteroatoms. The van der Waals surface area contributed by atoms with Crippen molar-refractivity contribution >= 4 is 28.6 Å². The van der Waals surface area contributed by atoms with Crippen molar-refractivity contribution in [3.63, 3.8) is 0 Å². The van der Waals surface area contributed by atoms with Crippen LogP contribution in [0.15, 0.2) is 66.7 Å². The summed E-state index contributed by atoms with van der Waals surface area (Å²) in [5.74, 6) is -1.49. The first-order valence-electron chi connectivity index (χ1n) is 7.76. The summed E-state index contributed by atoms with van der Waals surface area (Å²) in [6, 6.07) is 19.4. The van der Waals surface area contributed by atoms with Crippen molar-refractivity contribution in [3.05, 3.63) is 83.4 Å². The second-order valence-corrected chi connectivity index (χ2v) is 5.71. The van der Waals surface area contributed by atoms with Gasteiger partial charge in [0, 0.05) is 0 Å². The van der Waals surface area contributed by atoms with Crippen LogP contribution in [0.3, 0.4) is 0 Å². The van der Waals surface area contributed by atoms with Crippen molar-refractivity contribution in [2.45, 2.75) is 0 Å². The number of imide groups is 1. The molecule has 0 atom stereocenters. The minimum Gasteiger partial charge on any atom is -0.440 e. The van der Waals surface area contributed by atoms with E-state index in [0.717, 1.165) is 15.7 Å². The minimum atomic E-state index is -0.581. The largest absolute Gasteiger partial charge is 0.440 e. The van der Waals surface area contributed by atoms with Crippen LogP contribution in [-0.2, 0) is 4.74 Å². The van der Waals surface area contributed by atoms with Crippen LogP contribution in [0.5, 0.6) is 0 Å². The highest BCUT2D eigenvalue weighted by atomic mass is 16.5. The van der Waals surface area contributed by atoms with E-state index in [4.69, 9.17) is 4.74 Å². The predicted molar refractivity (Wildman–Crippen MR) is 91.2 cm³/mol. The molecule has 0 N–H and O–H groups in total. The van der Waals surface area contributed by atoms with E-state index in [2.05, 4.69) is 0 Å². The molecule has 5 nitrogen and oxygen atoms in total. The van der Waals surface area contributed by atoms with Gasteiger partial charge in [0.25, 0.3) is 11.8 Å². The van der Waals surface area contributed by atoms with Crippen LogP contribution in [-0.4, -0.2) is 29.4 Å². The Morgan fingerprint density at radius 1 is 0.800 bits per heavy atom. The molecular formula is C20H13NO4. The van der Waals surface area contributed by atoms with Gasteiger partial charge in [-0.05, 0) is 35.0 Å². The third-order valence-electron chi connectivity index (χ3n) is 4.19. The average Bonchev–Trinajstić information content (AvgIpc) is 2.90. The zero-order valence-electron chi connectivity index (χ0n) is 13.1. The molecule has 3 aromatic rings. The number of carbonyl (C=O) groups excluding carboxylic acids is 3. The first kappa shape index (κ1) is 15.1. The topological polar surface area (TPSA) is 63.7 Å². The maximum atomic E-state index is 12.3. The number of carbonyl (C=O) groups is 3. The third kappa shape index (κ3) is 2.55. The molecule has 4 rings (SSSR count). The molecule has 0 spiro atoms. The van der Waals surface area contributed by atoms with E-state index in [1.807, 2.05) is 30.3 Å². The fourth-order valence-corrected chi connectivity index (χ4v) is 2.88. The van der Waals surface area contributed by atoms with E-state index in [0.29, 0.717) is 16.7 Å². The van der Waals surface area contributed by atoms with E-state index in [-0.39, 0.29) is 0 Å². The molecule has 1 aliphatic heterocycles. The number of ether oxygens (including phenoxy) is 1. The summed E-state index contributed by atoms with van der Waals surface area (Å²) in [5.41, 5.74) is 1.03. The minimum absolute atomic E-state index is 0.328. The Labute approximate surface area is 143 Å². The fraction of sp³-hybridized carbons (Fsp3) is 0.0500. The maximum absolute atomic E-state index is 12.3. The van der Waals surface area contributed by atoms with Crippen molar-refractivity contribution in [2.75, 3.05) is 6.73 Å². The molecule has 0 saturated heterocycles. The Morgan fingerprint density at radius 2 is 1.40 bits per heavy atom. The summed E-state index contributed by atoms with van der Waals surface area (Å²) in [7, 11) is 0. The Kier molecular flexibility index (Phi) is 3.54. The maximum Gasteiger partial charge on any atom is 0.339 e. The van der Waals surface area contributed by atoms with Crippen molar-refractivity contribution in [1.82, 2.24) is 4.90 Å². The number of rotatable bonds is 3. The quantitative estimate of drug-likeness (QED) is 0.546. The van der Waals surface area contributed by atoms with Crippen molar-refractivity contribution in [3.8, 4) is 0 Å². The Balaban J connectivity index is 1.50. The smallest absolute Gasteiger partial charge is 0.339 e. The summed E-state index contributed by atoms with van der Waals surface area (Å²) >= 11 is 0. The fourth-order valence-electron chi connectivity index (χ4n) is 2.88. The number of hydrogen-bond donors (Lipinski definition) is 0. The van der Waals surface area contributed by atoms with E-state index in [9.17, 15) is 14.4 Å². The van der Waals surface area contributed by atoms with E-state index < -0.39 is 24.5 Å². The molecule has 0 radical (unpaired) electrons. The highest BCUT2D eigenvalue weighted by Crippen LogP contribution is 2.22. The highest BCUT2D eigenvalue weighted by molar-refractivity contribution is 6.21. The molecule has 0 saturated carbocycles. The van der Waals surface area contributed by atoms with Crippen LogP contribution >= 0.6 is 0 Å². The Hall–Kier alpha value is -3.47. The highest BCUT2D eigenvalue weighted by Gasteiger charge is 2.35. The monoisotopic (exact) mass is 331 g/mol. The number of esters is 1. The van der Waals surface area contributed by atoms with Crippen molar-refractivity contribution in [2.24, 2.45) is 0 Å². The van der Waals surface area contributed by atoms with Crippen LogP contribution in [0.25, 0.3) is 10.8 Å². The lowest BCUT2D eigenvalue weighted by atomic mass is 10.1. The van der Waals surface area contributed by atoms with Crippen molar-refractivity contribution in [1.29, 1.82) is 0 Å². The number of hydrogen-bond acceptors (Lipinski definition) is 4. The summed E-state index contributed by atoms with van der Waals surface area (Å²) in [5, 5.41) is 1.93. The predicted octanol–water partition coefficient (Wildman–Crippen LogP) is 3.25. The zero-order chi connectivity index (χ0) is 17.4. The van der Waals surface area contributed by atoms with Crippen LogP contribution in [0.2, 0.25) is 0 Å². The Bertz CT molecular complexity index is 990. The number of fused-ring (bicyclic) bond motifs is 2. The van der Waals surface area contributed by atoms with Gasteiger partial charge in [0.15, 0.2) is 6.73 Å². The lowest BCUT2D eigenvalue weighted by Crippen LogP contribution is -2.33. The van der Waals surface area contributed by atoms with Crippen LogP contribution in [0.4, 0.5) is 0 Å². The van der Waals surface area contributed by atoms with Crippen LogP contribution < -0.4 is 0 Å². The van der Waals surface area contributed by atoms with Crippen LogP contribution in [0.1, 0.15) is 31.1 Å². The first-order valence-corrected chi connectivity index (χ1v) is 7.76. The number of amides is 2. The molecule has 1 aliphatic rings. The Morgan fingerprint density at radius 3 is 2.08 bits per heavy atom. The van der Waals surface area contributed by atoms with Gasteiger partial charge >= 0.3 is 5.97 Å². The summed E-state index contributed by atoms with van der Waals surface area (Å²) < 4.78 is 5.18. The van der Waals surface area contributed by atoms with E-state index in [1.54, 1.807) is 36.4 Å². The van der Waals surface area contributed by atoms with Gasteiger partial charge in [-0.25, -0.2) is 9.69 Å². The molecule has 0 aromatic heterocycles. The van der Waals surface area contributed by atoms with Crippen molar-refractivity contribution < 1.29 is 19.1 Å². The molecule has 3 aromatic carbocycles. The SMILES string of the molecule is O=C(OCN1C(=O)c2ccccc2C1=O)c1ccc2ccccc2c1. The normalized spacial score (nSPS) is 13.2. The van der Waals surface area contributed by atoms with Gasteiger partial charge < -0.3 is 4.74 Å². The van der Waals surface area contributed by atoms with Gasteiger partial charge in [-0.1, -0.05) is 42.5 Å². The van der Waals surface area contributed by atoms with Gasteiger partial charge in [0.2, 0.25) is 0 Å². The molecule has 0 bridgehead atoms. The van der Waals surface area contributed by atoms with Gasteiger partial charge in [-0.2, -0.15) is 0 Å². The number of nitrogens with zero attached hydrogens (tertiary/aromatic N) is 1. The molecule has 0 unspecified atom stereocenters. The second-order valence-electron chi connectivity index (χ2n) is 5.71. The molecule has 25 heavy (non-hydrogen) atoms. The van der Waals surface area contributed by atoms with E-state index >= 15 is 0 Å². The number of benzene rings is 3. The van der Waals surface area contributed by atoms with Crippen LogP contribution in [0, 0.1) is 0 Å². The third-order valence-corrected chi connectivity index (χ3v) is 4.19. The first-order chi connectivity index (χ1) is 12.1. The zero-order valence-corrected chi connectivity index (χ0v) is 13.1. The standard InChI is InChI=1S/C20H13NO4/c22-18-16-7-3-4-8-17(16)19(23)21(18)12-25-20(24)15-10-9-13-5-1-2-6-14(13)11-15/h1-11H,12H2. The van der Waals surface area contributed by atoms with Gasteiger partial charge in [-0.3, -0.25) is 9.59 Å². The summed E-state index contributed by atoms with van der Waals surface area (Å²) in [6.45, 7) is -0.405. The molecular weight excluding hydrogens is 318 g/mol. The van der Waals surface area contributed by atoms with Gasteiger partial charge in [-0.15, -0.1) is 0 Å². The summed E-state index contributed by atoms with van der Waals surface area (Å²) in [4.78, 5) is 37.7. The summed E-state index contributed by atoms with van der Waals surface area (Å²) in [6.07, 6.45) is 0. The molecule has 1 heterocycles. The second kappa shape index (κ2) is 5.87.